The van der Waals surface area contributed by atoms with E-state index < -0.39 is 11.2 Å². The van der Waals surface area contributed by atoms with Crippen molar-refractivity contribution in [2.75, 3.05) is 6.54 Å². The third-order valence-electron chi connectivity index (χ3n) is 2.64. The lowest BCUT2D eigenvalue weighted by Gasteiger charge is -2.13. The summed E-state index contributed by atoms with van der Waals surface area (Å²) in [7, 11) is 0. The molecule has 0 spiro atoms. The van der Waals surface area contributed by atoms with Gasteiger partial charge in [-0.3, -0.25) is 4.79 Å². The molecule has 0 aliphatic carbocycles. The summed E-state index contributed by atoms with van der Waals surface area (Å²) >= 11 is 1.15. The van der Waals surface area contributed by atoms with Crippen LogP contribution in [-0.2, 0) is 11.2 Å². The molecule has 0 saturated heterocycles. The predicted octanol–water partition coefficient (Wildman–Crippen LogP) is 1.66. The van der Waals surface area contributed by atoms with Gasteiger partial charge in [-0.25, -0.2) is 14.8 Å². The van der Waals surface area contributed by atoms with Gasteiger partial charge in [0.15, 0.2) is 0 Å². The second-order valence-corrected chi connectivity index (χ2v) is 5.55. The van der Waals surface area contributed by atoms with Gasteiger partial charge >= 0.3 is 5.97 Å². The molecular weight excluding hydrogens is 278 g/mol. The molecule has 1 heterocycles. The van der Waals surface area contributed by atoms with E-state index in [9.17, 15) is 14.7 Å². The van der Waals surface area contributed by atoms with Crippen LogP contribution in [0.15, 0.2) is 5.03 Å². The van der Waals surface area contributed by atoms with Gasteiger partial charge in [0.05, 0.1) is 10.9 Å². The van der Waals surface area contributed by atoms with Crippen molar-refractivity contribution in [3.8, 4) is 0 Å². The lowest BCUT2D eigenvalue weighted by atomic mass is 10.2. The summed E-state index contributed by atoms with van der Waals surface area (Å²) in [6.45, 7) is 7.65. The van der Waals surface area contributed by atoms with Crippen molar-refractivity contribution in [2.24, 2.45) is 0 Å². The SMILES string of the molecule is CCNC(=O)C(C)Sc1nc(CC)nc(C)c1C(=O)O. The van der Waals surface area contributed by atoms with Gasteiger partial charge in [0.1, 0.15) is 16.4 Å². The van der Waals surface area contributed by atoms with Crippen LogP contribution in [0, 0.1) is 6.92 Å². The number of carboxylic acid groups (broad SMARTS) is 1. The van der Waals surface area contributed by atoms with Gasteiger partial charge in [-0.05, 0) is 20.8 Å². The van der Waals surface area contributed by atoms with Crippen molar-refractivity contribution in [2.45, 2.75) is 44.4 Å². The van der Waals surface area contributed by atoms with E-state index in [2.05, 4.69) is 15.3 Å². The highest BCUT2D eigenvalue weighted by atomic mass is 32.2. The van der Waals surface area contributed by atoms with E-state index in [4.69, 9.17) is 0 Å². The predicted molar refractivity (Wildman–Crippen MR) is 77.1 cm³/mol. The third-order valence-corrected chi connectivity index (χ3v) is 3.73. The summed E-state index contributed by atoms with van der Waals surface area (Å²) in [5.74, 6) is -0.628. The number of aryl methyl sites for hydroxylation is 2. The van der Waals surface area contributed by atoms with E-state index in [0.717, 1.165) is 11.8 Å². The molecule has 2 N–H and O–H groups in total. The average molecular weight is 297 g/mol. The molecular formula is C13H19N3O3S. The van der Waals surface area contributed by atoms with E-state index in [1.165, 1.54) is 0 Å². The van der Waals surface area contributed by atoms with E-state index >= 15 is 0 Å². The van der Waals surface area contributed by atoms with E-state index in [-0.39, 0.29) is 11.5 Å². The zero-order chi connectivity index (χ0) is 15.3. The Kier molecular flexibility index (Phi) is 5.94. The fourth-order valence-electron chi connectivity index (χ4n) is 1.63. The van der Waals surface area contributed by atoms with E-state index in [0.29, 0.717) is 29.5 Å². The molecule has 1 aromatic rings. The van der Waals surface area contributed by atoms with Crippen molar-refractivity contribution >= 4 is 23.6 Å². The lowest BCUT2D eigenvalue weighted by Crippen LogP contribution is -2.30. The Bertz CT molecular complexity index is 520. The molecule has 0 fully saturated rings. The molecule has 0 aliphatic rings. The minimum atomic E-state index is -1.07. The van der Waals surface area contributed by atoms with Crippen LogP contribution in [0.2, 0.25) is 0 Å². The molecule has 1 amide bonds. The van der Waals surface area contributed by atoms with Crippen molar-refractivity contribution in [3.63, 3.8) is 0 Å². The van der Waals surface area contributed by atoms with Crippen LogP contribution >= 0.6 is 11.8 Å². The summed E-state index contributed by atoms with van der Waals surface area (Å²) in [6.07, 6.45) is 0.615. The first-order valence-electron chi connectivity index (χ1n) is 6.45. The molecule has 1 atom stereocenters. The molecule has 0 radical (unpaired) electrons. The fraction of sp³-hybridized carbons (Fsp3) is 0.538. The zero-order valence-electron chi connectivity index (χ0n) is 12.1. The monoisotopic (exact) mass is 297 g/mol. The molecule has 1 unspecified atom stereocenters. The molecule has 0 aliphatic heterocycles. The highest BCUT2D eigenvalue weighted by Gasteiger charge is 2.22. The molecule has 1 rings (SSSR count). The Labute approximate surface area is 122 Å². The second-order valence-electron chi connectivity index (χ2n) is 4.22. The number of hydrogen-bond acceptors (Lipinski definition) is 5. The summed E-state index contributed by atoms with van der Waals surface area (Å²) < 4.78 is 0. The molecule has 0 aromatic carbocycles. The van der Waals surface area contributed by atoms with E-state index in [1.54, 1.807) is 13.8 Å². The summed E-state index contributed by atoms with van der Waals surface area (Å²) in [6, 6.07) is 0. The topological polar surface area (TPSA) is 92.2 Å². The maximum atomic E-state index is 11.7. The smallest absolute Gasteiger partial charge is 0.340 e. The molecule has 6 nitrogen and oxygen atoms in total. The van der Waals surface area contributed by atoms with Gasteiger partial charge < -0.3 is 10.4 Å². The Morgan fingerprint density at radius 3 is 2.50 bits per heavy atom. The number of nitrogens with one attached hydrogen (secondary N) is 1. The van der Waals surface area contributed by atoms with Crippen LogP contribution < -0.4 is 5.32 Å². The van der Waals surface area contributed by atoms with Crippen molar-refractivity contribution in [3.05, 3.63) is 17.1 Å². The Morgan fingerprint density at radius 2 is 2.00 bits per heavy atom. The molecule has 0 bridgehead atoms. The quantitative estimate of drug-likeness (QED) is 0.613. The number of hydrogen-bond donors (Lipinski definition) is 2. The number of carboxylic acids is 1. The van der Waals surface area contributed by atoms with Crippen molar-refractivity contribution in [1.82, 2.24) is 15.3 Å². The van der Waals surface area contributed by atoms with Crippen LogP contribution in [-0.4, -0.2) is 38.7 Å². The van der Waals surface area contributed by atoms with Crippen LogP contribution in [0.25, 0.3) is 0 Å². The highest BCUT2D eigenvalue weighted by molar-refractivity contribution is 8.00. The number of amides is 1. The van der Waals surface area contributed by atoms with Crippen LogP contribution in [0.3, 0.4) is 0 Å². The first-order valence-corrected chi connectivity index (χ1v) is 7.33. The normalized spacial score (nSPS) is 12.0. The van der Waals surface area contributed by atoms with Gasteiger partial charge in [0.25, 0.3) is 0 Å². The van der Waals surface area contributed by atoms with E-state index in [1.807, 2.05) is 13.8 Å². The number of rotatable bonds is 6. The maximum Gasteiger partial charge on any atom is 0.340 e. The Balaban J connectivity index is 3.11. The van der Waals surface area contributed by atoms with Gasteiger partial charge in [0, 0.05) is 13.0 Å². The van der Waals surface area contributed by atoms with Gasteiger partial charge in [-0.15, -0.1) is 0 Å². The second kappa shape index (κ2) is 7.23. The number of aromatic carboxylic acids is 1. The number of carbonyl (C=O) groups is 2. The van der Waals surface area contributed by atoms with Crippen LogP contribution in [0.1, 0.15) is 42.6 Å². The van der Waals surface area contributed by atoms with Crippen molar-refractivity contribution in [1.29, 1.82) is 0 Å². The standard InChI is InChI=1S/C13H19N3O3S/c1-5-9-15-7(3)10(13(18)19)12(16-9)20-8(4)11(17)14-6-2/h8H,5-6H2,1-4H3,(H,14,17)(H,18,19). The summed E-state index contributed by atoms with van der Waals surface area (Å²) in [4.78, 5) is 31.5. The zero-order valence-corrected chi connectivity index (χ0v) is 12.9. The van der Waals surface area contributed by atoms with Crippen molar-refractivity contribution < 1.29 is 14.7 Å². The summed E-state index contributed by atoms with van der Waals surface area (Å²) in [5, 5.41) is 11.9. The lowest BCUT2D eigenvalue weighted by molar-refractivity contribution is -0.120. The highest BCUT2D eigenvalue weighted by Crippen LogP contribution is 2.27. The van der Waals surface area contributed by atoms with Gasteiger partial charge in [-0.2, -0.15) is 0 Å². The van der Waals surface area contributed by atoms with Gasteiger partial charge in [-0.1, -0.05) is 18.7 Å². The number of nitrogens with zero attached hydrogens (tertiary/aromatic N) is 2. The molecule has 7 heteroatoms. The molecule has 0 saturated carbocycles. The molecule has 20 heavy (non-hydrogen) atoms. The summed E-state index contributed by atoms with van der Waals surface area (Å²) in [5.41, 5.74) is 0.498. The fourth-order valence-corrected chi connectivity index (χ4v) is 2.67. The maximum absolute atomic E-state index is 11.7. The Morgan fingerprint density at radius 1 is 1.35 bits per heavy atom. The minimum Gasteiger partial charge on any atom is -0.478 e. The number of thioether (sulfide) groups is 1. The van der Waals surface area contributed by atoms with Crippen LogP contribution in [0.5, 0.6) is 0 Å². The first-order chi connectivity index (χ1) is 9.40. The number of carbonyl (C=O) groups excluding carboxylic acids is 1. The third kappa shape index (κ3) is 3.93. The molecule has 110 valence electrons. The van der Waals surface area contributed by atoms with Crippen LogP contribution in [0.4, 0.5) is 0 Å². The van der Waals surface area contributed by atoms with Gasteiger partial charge in [0.2, 0.25) is 5.91 Å². The minimum absolute atomic E-state index is 0.0725. The number of aromatic nitrogens is 2. The average Bonchev–Trinajstić information content (AvgIpc) is 2.37. The largest absolute Gasteiger partial charge is 0.478 e. The molecule has 1 aromatic heterocycles. The Hall–Kier alpha value is -1.63. The first kappa shape index (κ1) is 16.4.